The number of hydrogen-bond acceptors (Lipinski definition) is 6. The smallest absolute Gasteiger partial charge is 0.355 e. The van der Waals surface area contributed by atoms with Crippen molar-refractivity contribution in [3.63, 3.8) is 0 Å². The lowest BCUT2D eigenvalue weighted by molar-refractivity contribution is -0.149. The van der Waals surface area contributed by atoms with Gasteiger partial charge < -0.3 is 24.8 Å². The molecule has 1 heterocycles. The highest BCUT2D eigenvalue weighted by atomic mass is 16.6. The zero-order chi connectivity index (χ0) is 21.5. The van der Waals surface area contributed by atoms with Gasteiger partial charge in [0.05, 0.1) is 0 Å². The maximum atomic E-state index is 12.5. The molecule has 30 heavy (non-hydrogen) atoms. The van der Waals surface area contributed by atoms with Gasteiger partial charge in [0, 0.05) is 18.7 Å². The highest BCUT2D eigenvalue weighted by Crippen LogP contribution is 2.32. The molecule has 8 heteroatoms. The summed E-state index contributed by atoms with van der Waals surface area (Å²) >= 11 is 0. The van der Waals surface area contributed by atoms with Crippen LogP contribution in [0.3, 0.4) is 0 Å². The molecule has 1 atom stereocenters. The number of nitrogens with one attached hydrogen (secondary N) is 2. The molecule has 2 aromatic rings. The van der Waals surface area contributed by atoms with Crippen molar-refractivity contribution in [1.82, 2.24) is 5.32 Å². The predicted octanol–water partition coefficient (Wildman–Crippen LogP) is 2.51. The highest BCUT2D eigenvalue weighted by molar-refractivity contribution is 6.00. The Balaban J connectivity index is 1.66. The van der Waals surface area contributed by atoms with E-state index in [1.807, 2.05) is 6.07 Å². The molecule has 3 rings (SSSR count). The van der Waals surface area contributed by atoms with Crippen LogP contribution in [0.2, 0.25) is 0 Å². The summed E-state index contributed by atoms with van der Waals surface area (Å²) < 4.78 is 16.2. The largest absolute Gasteiger partial charge is 0.486 e. The number of fused-ring (bicyclic) bond motifs is 1. The van der Waals surface area contributed by atoms with E-state index in [-0.39, 0.29) is 5.70 Å². The van der Waals surface area contributed by atoms with Crippen molar-refractivity contribution in [2.75, 3.05) is 18.5 Å². The summed E-state index contributed by atoms with van der Waals surface area (Å²) in [6.07, 6.45) is 0.383. The maximum absolute atomic E-state index is 12.5. The van der Waals surface area contributed by atoms with Crippen molar-refractivity contribution < 1.29 is 28.6 Å². The SMILES string of the molecule is CC(=O)N/C(=C\c1ccccc1)C(=O)O[C@H](C)C(=O)Nc1ccc2c(c1)OCCO2. The Bertz CT molecular complexity index is 971. The van der Waals surface area contributed by atoms with Gasteiger partial charge in [-0.2, -0.15) is 0 Å². The second-order valence-corrected chi connectivity index (χ2v) is 6.55. The summed E-state index contributed by atoms with van der Waals surface area (Å²) in [5, 5.41) is 5.11. The molecule has 0 saturated carbocycles. The van der Waals surface area contributed by atoms with Gasteiger partial charge in [-0.15, -0.1) is 0 Å². The monoisotopic (exact) mass is 410 g/mol. The Morgan fingerprint density at radius 2 is 1.73 bits per heavy atom. The molecule has 0 aromatic heterocycles. The third kappa shape index (κ3) is 5.60. The van der Waals surface area contributed by atoms with E-state index in [0.717, 1.165) is 0 Å². The van der Waals surface area contributed by atoms with Crippen molar-refractivity contribution in [2.45, 2.75) is 20.0 Å². The van der Waals surface area contributed by atoms with Crippen molar-refractivity contribution in [3.05, 3.63) is 59.8 Å². The number of hydrogen-bond donors (Lipinski definition) is 2. The average molecular weight is 410 g/mol. The first kappa shape index (κ1) is 20.9. The van der Waals surface area contributed by atoms with Gasteiger partial charge in [0.2, 0.25) is 5.91 Å². The fourth-order valence-corrected chi connectivity index (χ4v) is 2.69. The van der Waals surface area contributed by atoms with Gasteiger partial charge in [0.25, 0.3) is 5.91 Å². The van der Waals surface area contributed by atoms with E-state index in [2.05, 4.69) is 10.6 Å². The summed E-state index contributed by atoms with van der Waals surface area (Å²) in [6.45, 7) is 3.63. The number of amides is 2. The molecule has 0 fully saturated rings. The number of ether oxygens (including phenoxy) is 3. The number of esters is 1. The molecule has 0 bridgehead atoms. The minimum atomic E-state index is -1.10. The van der Waals surface area contributed by atoms with Crippen molar-refractivity contribution in [2.24, 2.45) is 0 Å². The highest BCUT2D eigenvalue weighted by Gasteiger charge is 2.22. The third-order valence-electron chi connectivity index (χ3n) is 4.10. The summed E-state index contributed by atoms with van der Waals surface area (Å²) in [5.74, 6) is -0.643. The Labute approximate surface area is 173 Å². The number of anilines is 1. The van der Waals surface area contributed by atoms with E-state index in [9.17, 15) is 14.4 Å². The molecule has 0 saturated heterocycles. The molecule has 0 aliphatic carbocycles. The molecular weight excluding hydrogens is 388 g/mol. The van der Waals surface area contributed by atoms with Crippen LogP contribution in [0.15, 0.2) is 54.2 Å². The summed E-state index contributed by atoms with van der Waals surface area (Å²) in [4.78, 5) is 36.4. The summed E-state index contributed by atoms with van der Waals surface area (Å²) in [7, 11) is 0. The van der Waals surface area contributed by atoms with E-state index >= 15 is 0 Å². The topological polar surface area (TPSA) is 103 Å². The zero-order valence-electron chi connectivity index (χ0n) is 16.6. The first-order valence-corrected chi connectivity index (χ1v) is 9.38. The number of benzene rings is 2. The zero-order valence-corrected chi connectivity index (χ0v) is 16.6. The van der Waals surface area contributed by atoms with Gasteiger partial charge in [-0.3, -0.25) is 9.59 Å². The molecule has 0 spiro atoms. The van der Waals surface area contributed by atoms with Crippen LogP contribution in [0, 0.1) is 0 Å². The molecule has 156 valence electrons. The fraction of sp³-hybridized carbons (Fsp3) is 0.227. The first-order valence-electron chi connectivity index (χ1n) is 9.38. The minimum Gasteiger partial charge on any atom is -0.486 e. The normalized spacial score (nSPS) is 13.7. The van der Waals surface area contributed by atoms with Crippen molar-refractivity contribution >= 4 is 29.5 Å². The van der Waals surface area contributed by atoms with Crippen molar-refractivity contribution in [1.29, 1.82) is 0 Å². The molecule has 1 aliphatic rings. The molecule has 8 nitrogen and oxygen atoms in total. The van der Waals surface area contributed by atoms with E-state index < -0.39 is 23.9 Å². The predicted molar refractivity (Wildman–Crippen MR) is 110 cm³/mol. The second kappa shape index (κ2) is 9.60. The van der Waals surface area contributed by atoms with E-state index in [0.29, 0.717) is 36.0 Å². The van der Waals surface area contributed by atoms with Gasteiger partial charge in [-0.1, -0.05) is 30.3 Å². The Morgan fingerprint density at radius 3 is 2.43 bits per heavy atom. The van der Waals surface area contributed by atoms with E-state index in [1.54, 1.807) is 42.5 Å². The van der Waals surface area contributed by atoms with Gasteiger partial charge in [0.15, 0.2) is 17.6 Å². The first-order chi connectivity index (χ1) is 14.4. The van der Waals surface area contributed by atoms with Crippen LogP contribution < -0.4 is 20.1 Å². The lowest BCUT2D eigenvalue weighted by atomic mass is 10.2. The van der Waals surface area contributed by atoms with Gasteiger partial charge >= 0.3 is 5.97 Å². The number of rotatable bonds is 6. The van der Waals surface area contributed by atoms with Crippen molar-refractivity contribution in [3.8, 4) is 11.5 Å². The van der Waals surface area contributed by atoms with Crippen LogP contribution in [-0.2, 0) is 19.1 Å². The van der Waals surface area contributed by atoms with E-state index in [4.69, 9.17) is 14.2 Å². The quantitative estimate of drug-likeness (QED) is 0.560. The third-order valence-corrected chi connectivity index (χ3v) is 4.10. The average Bonchev–Trinajstić information content (AvgIpc) is 2.73. The van der Waals surface area contributed by atoms with Gasteiger partial charge in [0.1, 0.15) is 18.9 Å². The molecule has 2 N–H and O–H groups in total. The van der Waals surface area contributed by atoms with Crippen LogP contribution in [0.25, 0.3) is 6.08 Å². The molecule has 2 aromatic carbocycles. The lowest BCUT2D eigenvalue weighted by Gasteiger charge is -2.19. The maximum Gasteiger partial charge on any atom is 0.355 e. The van der Waals surface area contributed by atoms with Gasteiger partial charge in [-0.25, -0.2) is 4.79 Å². The fourth-order valence-electron chi connectivity index (χ4n) is 2.69. The van der Waals surface area contributed by atoms with Crippen LogP contribution >= 0.6 is 0 Å². The Kier molecular flexibility index (Phi) is 6.69. The minimum absolute atomic E-state index is 0.0623. The lowest BCUT2D eigenvalue weighted by Crippen LogP contribution is -2.33. The Hall–Kier alpha value is -3.81. The molecule has 2 amide bonds. The van der Waals surface area contributed by atoms with Gasteiger partial charge in [-0.05, 0) is 30.7 Å². The molecular formula is C22H22N2O6. The molecule has 1 aliphatic heterocycles. The second-order valence-electron chi connectivity index (χ2n) is 6.55. The van der Waals surface area contributed by atoms with Crippen LogP contribution in [0.5, 0.6) is 11.5 Å². The van der Waals surface area contributed by atoms with Crippen LogP contribution in [0.1, 0.15) is 19.4 Å². The number of carbonyl (C=O) groups is 3. The Morgan fingerprint density at radius 1 is 1.03 bits per heavy atom. The summed E-state index contributed by atoms with van der Waals surface area (Å²) in [5.41, 5.74) is 1.12. The molecule has 0 radical (unpaired) electrons. The van der Waals surface area contributed by atoms with Crippen LogP contribution in [-0.4, -0.2) is 37.1 Å². The standard InChI is InChI=1S/C22H22N2O6/c1-14(21(26)24-17-8-9-19-20(13-17)29-11-10-28-19)30-22(27)18(23-15(2)25)12-16-6-4-3-5-7-16/h3-9,12-14H,10-11H2,1-2H3,(H,23,25)(H,24,26)/b18-12-/t14-/m1/s1. The van der Waals surface area contributed by atoms with E-state index in [1.165, 1.54) is 19.9 Å². The number of carbonyl (C=O) groups excluding carboxylic acids is 3. The molecule has 0 unspecified atom stereocenters. The van der Waals surface area contributed by atoms with Crippen LogP contribution in [0.4, 0.5) is 5.69 Å². The summed E-state index contributed by atoms with van der Waals surface area (Å²) in [6, 6.07) is 14.0.